The molecule has 0 unspecified atom stereocenters. The van der Waals surface area contributed by atoms with Crippen LogP contribution in [0.15, 0.2) is 24.3 Å². The average molecular weight is 386 g/mol. The molecule has 7 nitrogen and oxygen atoms in total. The van der Waals surface area contributed by atoms with Gasteiger partial charge in [0.1, 0.15) is 0 Å². The van der Waals surface area contributed by atoms with E-state index in [1.807, 2.05) is 11.8 Å². The quantitative estimate of drug-likeness (QED) is 0.816. The van der Waals surface area contributed by atoms with Gasteiger partial charge in [-0.2, -0.15) is 0 Å². The van der Waals surface area contributed by atoms with E-state index in [1.165, 1.54) is 12.8 Å². The van der Waals surface area contributed by atoms with Crippen molar-refractivity contribution < 1.29 is 14.4 Å². The third kappa shape index (κ3) is 5.47. The molecule has 2 aliphatic rings. The van der Waals surface area contributed by atoms with Crippen LogP contribution in [0.5, 0.6) is 0 Å². The lowest BCUT2D eigenvalue weighted by Gasteiger charge is -2.22. The molecule has 2 N–H and O–H groups in total. The molecule has 3 rings (SSSR count). The summed E-state index contributed by atoms with van der Waals surface area (Å²) in [5, 5.41) is 5.64. The zero-order valence-electron chi connectivity index (χ0n) is 16.6. The highest BCUT2D eigenvalue weighted by Crippen LogP contribution is 2.16. The molecule has 0 radical (unpaired) electrons. The number of hydrogen-bond acceptors (Lipinski definition) is 3. The first-order valence-corrected chi connectivity index (χ1v) is 10.3. The molecule has 1 aromatic rings. The number of rotatable bonds is 5. The second-order valence-corrected chi connectivity index (χ2v) is 7.73. The van der Waals surface area contributed by atoms with Gasteiger partial charge >= 0.3 is 6.03 Å². The number of nitrogens with one attached hydrogen (secondary N) is 2. The van der Waals surface area contributed by atoms with Crippen molar-refractivity contribution in [1.82, 2.24) is 15.1 Å². The van der Waals surface area contributed by atoms with E-state index >= 15 is 0 Å². The molecule has 0 aliphatic carbocycles. The molecule has 2 aliphatic heterocycles. The summed E-state index contributed by atoms with van der Waals surface area (Å²) in [4.78, 5) is 40.2. The molecule has 0 saturated carbocycles. The lowest BCUT2D eigenvalue weighted by atomic mass is 10.1. The Morgan fingerprint density at radius 1 is 1.00 bits per heavy atom. The molecule has 0 aromatic heterocycles. The SMILES string of the molecule is C[C@@H](CN1CCCC1=O)NC(=O)Nc1ccc(C(=O)N2CCCCCC2)cc1. The number of urea groups is 1. The van der Waals surface area contributed by atoms with E-state index in [0.717, 1.165) is 38.9 Å². The minimum Gasteiger partial charge on any atom is -0.341 e. The van der Waals surface area contributed by atoms with Gasteiger partial charge in [-0.1, -0.05) is 12.8 Å². The van der Waals surface area contributed by atoms with Crippen molar-refractivity contribution in [2.75, 3.05) is 31.5 Å². The monoisotopic (exact) mass is 386 g/mol. The van der Waals surface area contributed by atoms with Crippen molar-refractivity contribution in [2.45, 2.75) is 51.5 Å². The zero-order valence-corrected chi connectivity index (χ0v) is 16.6. The number of amides is 4. The topological polar surface area (TPSA) is 81.8 Å². The van der Waals surface area contributed by atoms with Crippen LogP contribution >= 0.6 is 0 Å². The number of anilines is 1. The molecule has 28 heavy (non-hydrogen) atoms. The molecule has 2 heterocycles. The minimum absolute atomic E-state index is 0.0572. The molecule has 7 heteroatoms. The van der Waals surface area contributed by atoms with Crippen LogP contribution in [0.25, 0.3) is 0 Å². The maximum absolute atomic E-state index is 12.6. The first-order chi connectivity index (χ1) is 13.5. The zero-order chi connectivity index (χ0) is 19.9. The third-order valence-corrected chi connectivity index (χ3v) is 5.33. The number of hydrogen-bond donors (Lipinski definition) is 2. The van der Waals surface area contributed by atoms with E-state index in [0.29, 0.717) is 24.2 Å². The van der Waals surface area contributed by atoms with E-state index in [2.05, 4.69) is 10.6 Å². The van der Waals surface area contributed by atoms with Gasteiger partial charge in [0.15, 0.2) is 0 Å². The van der Waals surface area contributed by atoms with Crippen molar-refractivity contribution >= 4 is 23.5 Å². The number of nitrogens with zero attached hydrogens (tertiary/aromatic N) is 2. The Bertz CT molecular complexity index is 696. The van der Waals surface area contributed by atoms with Crippen LogP contribution in [0, 0.1) is 0 Å². The fourth-order valence-electron chi connectivity index (χ4n) is 3.82. The van der Waals surface area contributed by atoms with Gasteiger partial charge in [0.2, 0.25) is 5.91 Å². The van der Waals surface area contributed by atoms with Crippen LogP contribution in [-0.4, -0.2) is 59.9 Å². The summed E-state index contributed by atoms with van der Waals surface area (Å²) in [6.45, 7) is 4.81. The molecule has 152 valence electrons. The highest BCUT2D eigenvalue weighted by molar-refractivity contribution is 5.95. The molecular weight excluding hydrogens is 356 g/mol. The molecule has 2 fully saturated rings. The summed E-state index contributed by atoms with van der Waals surface area (Å²) in [7, 11) is 0. The van der Waals surface area contributed by atoms with Crippen LogP contribution < -0.4 is 10.6 Å². The van der Waals surface area contributed by atoms with E-state index in [4.69, 9.17) is 0 Å². The van der Waals surface area contributed by atoms with Gasteiger partial charge in [-0.05, 0) is 50.5 Å². The van der Waals surface area contributed by atoms with E-state index in [9.17, 15) is 14.4 Å². The van der Waals surface area contributed by atoms with Crippen LogP contribution in [-0.2, 0) is 4.79 Å². The van der Waals surface area contributed by atoms with Crippen molar-refractivity contribution in [3.8, 4) is 0 Å². The fourth-order valence-corrected chi connectivity index (χ4v) is 3.82. The van der Waals surface area contributed by atoms with Crippen LogP contribution in [0.1, 0.15) is 55.8 Å². The smallest absolute Gasteiger partial charge is 0.319 e. The Hall–Kier alpha value is -2.57. The Morgan fingerprint density at radius 2 is 1.68 bits per heavy atom. The maximum atomic E-state index is 12.6. The molecule has 1 atom stereocenters. The number of likely N-dealkylation sites (tertiary alicyclic amines) is 2. The highest BCUT2D eigenvalue weighted by Gasteiger charge is 2.22. The molecule has 4 amide bonds. The molecule has 2 saturated heterocycles. The predicted octanol–water partition coefficient (Wildman–Crippen LogP) is 2.84. The van der Waals surface area contributed by atoms with Crippen molar-refractivity contribution in [1.29, 1.82) is 0 Å². The van der Waals surface area contributed by atoms with Crippen LogP contribution in [0.2, 0.25) is 0 Å². The van der Waals surface area contributed by atoms with E-state index < -0.39 is 0 Å². The number of carbonyl (C=O) groups is 3. The highest BCUT2D eigenvalue weighted by atomic mass is 16.2. The van der Waals surface area contributed by atoms with E-state index in [1.54, 1.807) is 29.2 Å². The van der Waals surface area contributed by atoms with Gasteiger partial charge in [-0.3, -0.25) is 9.59 Å². The second kappa shape index (κ2) is 9.57. The van der Waals surface area contributed by atoms with Crippen LogP contribution in [0.3, 0.4) is 0 Å². The maximum Gasteiger partial charge on any atom is 0.319 e. The van der Waals surface area contributed by atoms with Crippen molar-refractivity contribution in [3.05, 3.63) is 29.8 Å². The minimum atomic E-state index is -0.314. The normalized spacial score (nSPS) is 18.5. The molecule has 1 aromatic carbocycles. The van der Waals surface area contributed by atoms with Gasteiger partial charge in [-0.15, -0.1) is 0 Å². The molecular formula is C21H30N4O3. The third-order valence-electron chi connectivity index (χ3n) is 5.33. The number of carbonyl (C=O) groups excluding carboxylic acids is 3. The lowest BCUT2D eigenvalue weighted by molar-refractivity contribution is -0.127. The Kier molecular flexibility index (Phi) is 6.90. The summed E-state index contributed by atoms with van der Waals surface area (Å²) in [5.41, 5.74) is 1.28. The first kappa shape index (κ1) is 20.2. The second-order valence-electron chi connectivity index (χ2n) is 7.73. The first-order valence-electron chi connectivity index (χ1n) is 10.3. The van der Waals surface area contributed by atoms with Gasteiger partial charge < -0.3 is 20.4 Å². The van der Waals surface area contributed by atoms with Crippen molar-refractivity contribution in [2.24, 2.45) is 0 Å². The number of benzene rings is 1. The summed E-state index contributed by atoms with van der Waals surface area (Å²) < 4.78 is 0. The fraction of sp³-hybridized carbons (Fsp3) is 0.571. The Balaban J connectivity index is 1.48. The Morgan fingerprint density at radius 3 is 2.29 bits per heavy atom. The van der Waals surface area contributed by atoms with E-state index in [-0.39, 0.29) is 23.9 Å². The summed E-state index contributed by atoms with van der Waals surface area (Å²) >= 11 is 0. The molecule has 0 spiro atoms. The van der Waals surface area contributed by atoms with Gasteiger partial charge in [0.05, 0.1) is 0 Å². The Labute approximate surface area is 166 Å². The predicted molar refractivity (Wildman–Crippen MR) is 108 cm³/mol. The largest absolute Gasteiger partial charge is 0.341 e. The summed E-state index contributed by atoms with van der Waals surface area (Å²) in [5.74, 6) is 0.209. The van der Waals surface area contributed by atoms with Gasteiger partial charge in [0.25, 0.3) is 5.91 Å². The standard InChI is InChI=1S/C21H30N4O3/c1-16(15-25-14-6-7-19(25)26)22-21(28)23-18-10-8-17(9-11-18)20(27)24-12-4-2-3-5-13-24/h8-11,16H,2-7,12-15H2,1H3,(H2,22,23,28)/t16-/m0/s1. The molecule has 0 bridgehead atoms. The summed E-state index contributed by atoms with van der Waals surface area (Å²) in [6.07, 6.45) is 5.99. The van der Waals surface area contributed by atoms with Crippen LogP contribution in [0.4, 0.5) is 10.5 Å². The van der Waals surface area contributed by atoms with Gasteiger partial charge in [-0.25, -0.2) is 4.79 Å². The van der Waals surface area contributed by atoms with Crippen molar-refractivity contribution in [3.63, 3.8) is 0 Å². The lowest BCUT2D eigenvalue weighted by Crippen LogP contribution is -2.44. The van der Waals surface area contributed by atoms with Gasteiger partial charge in [0, 0.05) is 49.9 Å². The summed E-state index contributed by atoms with van der Waals surface area (Å²) in [6, 6.07) is 6.57. The average Bonchev–Trinajstić information content (AvgIpc) is 2.92.